The minimum Gasteiger partial charge on any atom is -0.356 e. The van der Waals surface area contributed by atoms with Gasteiger partial charge >= 0.3 is 0 Å². The Balaban J connectivity index is 1.50. The highest BCUT2D eigenvalue weighted by Crippen LogP contribution is 2.35. The monoisotopic (exact) mass is 424 g/mol. The van der Waals surface area contributed by atoms with E-state index in [1.165, 1.54) is 0 Å². The Hall–Kier alpha value is -3.16. The maximum Gasteiger partial charge on any atom is 0.271 e. The quantitative estimate of drug-likeness (QED) is 0.612. The fourth-order valence-electron chi connectivity index (χ4n) is 4.66. The predicted molar refractivity (Wildman–Crippen MR) is 115 cm³/mol. The molecule has 0 aliphatic carbocycles. The van der Waals surface area contributed by atoms with Crippen molar-refractivity contribution in [2.75, 3.05) is 13.1 Å². The van der Waals surface area contributed by atoms with E-state index in [-0.39, 0.29) is 35.5 Å². The number of nitrogens with one attached hydrogen (secondary N) is 3. The minimum absolute atomic E-state index is 0.0845. The van der Waals surface area contributed by atoms with Crippen molar-refractivity contribution in [1.82, 2.24) is 20.5 Å². The highest BCUT2D eigenvalue weighted by Gasteiger charge is 2.44. The number of likely N-dealkylation sites (tertiary alicyclic amines) is 1. The summed E-state index contributed by atoms with van der Waals surface area (Å²) >= 11 is 0. The van der Waals surface area contributed by atoms with E-state index in [1.54, 1.807) is 11.0 Å². The van der Waals surface area contributed by atoms with Gasteiger partial charge < -0.3 is 25.3 Å². The van der Waals surface area contributed by atoms with Gasteiger partial charge in [-0.15, -0.1) is 0 Å². The third-order valence-electron chi connectivity index (χ3n) is 6.24. The summed E-state index contributed by atoms with van der Waals surface area (Å²) in [7, 11) is 0. The summed E-state index contributed by atoms with van der Waals surface area (Å²) in [6.45, 7) is 5.07. The van der Waals surface area contributed by atoms with Crippen molar-refractivity contribution >= 4 is 34.9 Å². The molecule has 2 aliphatic rings. The van der Waals surface area contributed by atoms with Crippen LogP contribution >= 0.6 is 0 Å². The van der Waals surface area contributed by atoms with Crippen molar-refractivity contribution in [1.29, 1.82) is 0 Å². The van der Waals surface area contributed by atoms with Gasteiger partial charge in [-0.3, -0.25) is 14.4 Å². The highest BCUT2D eigenvalue weighted by atomic mass is 16.2. The molecule has 2 fully saturated rings. The first kappa shape index (κ1) is 21.1. The second kappa shape index (κ2) is 8.17. The largest absolute Gasteiger partial charge is 0.356 e. The molecule has 8 nitrogen and oxygen atoms in total. The van der Waals surface area contributed by atoms with E-state index in [0.717, 1.165) is 10.9 Å². The molecule has 0 spiro atoms. The van der Waals surface area contributed by atoms with Gasteiger partial charge in [0.05, 0.1) is 6.04 Å². The molecule has 3 heterocycles. The molecule has 2 aromatic rings. The van der Waals surface area contributed by atoms with Crippen LogP contribution < -0.4 is 10.6 Å². The summed E-state index contributed by atoms with van der Waals surface area (Å²) in [5.41, 5.74) is 1.07. The lowest BCUT2D eigenvalue weighted by molar-refractivity contribution is -0.128. The molecule has 2 aliphatic heterocycles. The van der Waals surface area contributed by atoms with Crippen molar-refractivity contribution in [3.05, 3.63) is 36.0 Å². The predicted octanol–water partition coefficient (Wildman–Crippen LogP) is 1.62. The number of benzene rings is 1. The number of H-pyrrole nitrogens is 1. The number of aromatic nitrogens is 1. The fourth-order valence-corrected chi connectivity index (χ4v) is 4.66. The second-order valence-electron chi connectivity index (χ2n) is 9.35. The summed E-state index contributed by atoms with van der Waals surface area (Å²) in [5.74, 6) is -0.955. The van der Waals surface area contributed by atoms with Crippen LogP contribution in [0.2, 0.25) is 0 Å². The van der Waals surface area contributed by atoms with Crippen LogP contribution in [0.3, 0.4) is 0 Å². The number of hydrogen-bond donors (Lipinski definition) is 3. The van der Waals surface area contributed by atoms with Crippen LogP contribution in [0, 0.1) is 11.3 Å². The number of aldehydes is 1. The van der Waals surface area contributed by atoms with Gasteiger partial charge in [-0.1, -0.05) is 32.0 Å². The van der Waals surface area contributed by atoms with Gasteiger partial charge in [-0.2, -0.15) is 0 Å². The van der Waals surface area contributed by atoms with Crippen LogP contribution in [0.25, 0.3) is 10.9 Å². The van der Waals surface area contributed by atoms with E-state index < -0.39 is 12.1 Å². The van der Waals surface area contributed by atoms with Gasteiger partial charge in [-0.25, -0.2) is 0 Å². The Morgan fingerprint density at radius 1 is 1.32 bits per heavy atom. The molecular formula is C23H28N4O4. The Labute approximate surface area is 180 Å². The summed E-state index contributed by atoms with van der Waals surface area (Å²) < 4.78 is 0. The van der Waals surface area contributed by atoms with Crippen LogP contribution in [0.15, 0.2) is 30.3 Å². The number of para-hydroxylation sites is 1. The third-order valence-corrected chi connectivity index (χ3v) is 6.24. The SMILES string of the molecule is CC1(C)C[C@@H](C(=O)N[C@H](C=O)C[C@@H]2CCNC2=O)N(C(=O)c2cc3ccccc3[nH]2)C1. The Morgan fingerprint density at radius 3 is 2.77 bits per heavy atom. The second-order valence-corrected chi connectivity index (χ2v) is 9.35. The van der Waals surface area contributed by atoms with E-state index in [0.29, 0.717) is 37.9 Å². The lowest BCUT2D eigenvalue weighted by atomic mass is 9.90. The highest BCUT2D eigenvalue weighted by molar-refractivity contribution is 6.00. The zero-order chi connectivity index (χ0) is 22.2. The summed E-state index contributed by atoms with van der Waals surface area (Å²) in [6, 6.07) is 8.00. The molecular weight excluding hydrogens is 396 g/mol. The Morgan fingerprint density at radius 2 is 2.10 bits per heavy atom. The molecule has 1 aromatic carbocycles. The molecule has 0 unspecified atom stereocenters. The van der Waals surface area contributed by atoms with Crippen molar-refractivity contribution in [3.63, 3.8) is 0 Å². The number of amides is 3. The zero-order valence-corrected chi connectivity index (χ0v) is 17.8. The van der Waals surface area contributed by atoms with Crippen molar-refractivity contribution in [3.8, 4) is 0 Å². The van der Waals surface area contributed by atoms with Crippen LogP contribution in [0.1, 0.15) is 43.6 Å². The van der Waals surface area contributed by atoms with E-state index >= 15 is 0 Å². The molecule has 3 amide bonds. The number of hydrogen-bond acceptors (Lipinski definition) is 4. The normalized spacial score (nSPS) is 23.5. The van der Waals surface area contributed by atoms with Crippen LogP contribution in [-0.2, 0) is 14.4 Å². The number of carbonyl (C=O) groups is 4. The molecule has 3 atom stereocenters. The summed E-state index contributed by atoms with van der Waals surface area (Å²) in [5, 5.41) is 6.44. The summed E-state index contributed by atoms with van der Waals surface area (Å²) in [6.07, 6.45) is 2.10. The number of fused-ring (bicyclic) bond motifs is 1. The van der Waals surface area contributed by atoms with Gasteiger partial charge in [0.2, 0.25) is 11.8 Å². The fraction of sp³-hybridized carbons (Fsp3) is 0.478. The van der Waals surface area contributed by atoms with E-state index in [1.807, 2.05) is 38.1 Å². The lowest BCUT2D eigenvalue weighted by Crippen LogP contribution is -2.49. The Kier molecular flexibility index (Phi) is 5.56. The van der Waals surface area contributed by atoms with Gasteiger partial charge in [0.1, 0.15) is 18.0 Å². The van der Waals surface area contributed by atoms with E-state index in [2.05, 4.69) is 15.6 Å². The average molecular weight is 425 g/mol. The van der Waals surface area contributed by atoms with Crippen molar-refractivity contribution < 1.29 is 19.2 Å². The van der Waals surface area contributed by atoms with Crippen LogP contribution in [0.5, 0.6) is 0 Å². The molecule has 0 saturated carbocycles. The average Bonchev–Trinajstić information content (AvgIpc) is 3.43. The molecule has 3 N–H and O–H groups in total. The van der Waals surface area contributed by atoms with Crippen molar-refractivity contribution in [2.45, 2.75) is 45.2 Å². The molecule has 1 aromatic heterocycles. The molecule has 31 heavy (non-hydrogen) atoms. The maximum absolute atomic E-state index is 13.3. The number of carbonyl (C=O) groups excluding carboxylic acids is 4. The maximum atomic E-state index is 13.3. The first-order valence-corrected chi connectivity index (χ1v) is 10.7. The molecule has 0 radical (unpaired) electrons. The topological polar surface area (TPSA) is 111 Å². The molecule has 164 valence electrons. The van der Waals surface area contributed by atoms with E-state index in [9.17, 15) is 19.2 Å². The molecule has 2 saturated heterocycles. The van der Waals surface area contributed by atoms with E-state index in [4.69, 9.17) is 0 Å². The zero-order valence-electron chi connectivity index (χ0n) is 17.8. The first-order chi connectivity index (χ1) is 14.8. The summed E-state index contributed by atoms with van der Waals surface area (Å²) in [4.78, 5) is 54.5. The van der Waals surface area contributed by atoms with Gasteiger partial charge in [-0.05, 0) is 36.8 Å². The number of nitrogens with zero attached hydrogens (tertiary/aromatic N) is 1. The standard InChI is InChI=1S/C23H28N4O4/c1-23(2)11-19(21(30)25-16(12-28)9-15-7-8-24-20(15)29)27(13-23)22(31)18-10-14-5-3-4-6-17(14)26-18/h3-6,10,12,15-16,19,26H,7-9,11,13H2,1-2H3,(H,24,29)(H,25,30)/t15-,16-,19-/m0/s1. The van der Waals surface area contributed by atoms with Gasteiger partial charge in [0, 0.05) is 29.9 Å². The minimum atomic E-state index is -0.755. The van der Waals surface area contributed by atoms with Gasteiger partial charge in [0.25, 0.3) is 5.91 Å². The van der Waals surface area contributed by atoms with Crippen LogP contribution in [-0.4, -0.2) is 59.1 Å². The van der Waals surface area contributed by atoms with Crippen LogP contribution in [0.4, 0.5) is 0 Å². The third kappa shape index (κ3) is 4.33. The molecule has 0 bridgehead atoms. The lowest BCUT2D eigenvalue weighted by Gasteiger charge is -2.25. The molecule has 8 heteroatoms. The number of aromatic amines is 1. The molecule has 4 rings (SSSR count). The number of rotatable bonds is 6. The van der Waals surface area contributed by atoms with Crippen molar-refractivity contribution in [2.24, 2.45) is 11.3 Å². The van der Waals surface area contributed by atoms with Gasteiger partial charge in [0.15, 0.2) is 0 Å². The Bertz CT molecular complexity index is 995. The smallest absolute Gasteiger partial charge is 0.271 e. The first-order valence-electron chi connectivity index (χ1n) is 10.7.